The van der Waals surface area contributed by atoms with Crippen molar-refractivity contribution < 1.29 is 18.7 Å². The number of ether oxygens (including phenoxy) is 1. The molecule has 1 aromatic heterocycles. The van der Waals surface area contributed by atoms with Crippen LogP contribution in [0.4, 0.5) is 4.39 Å². The Morgan fingerprint density at radius 2 is 1.48 bits per heavy atom. The zero-order chi connectivity index (χ0) is 21.8. The van der Waals surface area contributed by atoms with Crippen LogP contribution in [0.1, 0.15) is 20.7 Å². The summed E-state index contributed by atoms with van der Waals surface area (Å²) in [5, 5.41) is 8.06. The molecule has 3 aromatic rings. The van der Waals surface area contributed by atoms with Crippen molar-refractivity contribution in [2.75, 3.05) is 33.3 Å². The number of carbonyl (C=O) groups is 2. The van der Waals surface area contributed by atoms with Crippen molar-refractivity contribution in [2.24, 2.45) is 0 Å². The van der Waals surface area contributed by atoms with Gasteiger partial charge in [-0.05, 0) is 30.3 Å². The third kappa shape index (κ3) is 4.37. The Morgan fingerprint density at radius 3 is 2.06 bits per heavy atom. The number of nitrogens with zero attached hydrogens (tertiary/aromatic N) is 4. The number of halogens is 1. The molecular formula is C23H21FN4O3. The third-order valence-electron chi connectivity index (χ3n) is 5.24. The van der Waals surface area contributed by atoms with Crippen LogP contribution >= 0.6 is 0 Å². The highest BCUT2D eigenvalue weighted by atomic mass is 19.1. The van der Waals surface area contributed by atoms with Gasteiger partial charge in [-0.2, -0.15) is 0 Å². The Kier molecular flexibility index (Phi) is 5.88. The summed E-state index contributed by atoms with van der Waals surface area (Å²) in [6.07, 6.45) is 0. The first-order valence-corrected chi connectivity index (χ1v) is 9.88. The lowest BCUT2D eigenvalue weighted by molar-refractivity contribution is 0.0533. The predicted molar refractivity (Wildman–Crippen MR) is 112 cm³/mol. The number of methoxy groups -OCH3 is 1. The summed E-state index contributed by atoms with van der Waals surface area (Å²) in [5.41, 5.74) is 2.13. The van der Waals surface area contributed by atoms with Gasteiger partial charge in [-0.25, -0.2) is 4.39 Å². The van der Waals surface area contributed by atoms with Crippen LogP contribution in [0.25, 0.3) is 11.3 Å². The zero-order valence-electron chi connectivity index (χ0n) is 17.0. The van der Waals surface area contributed by atoms with Gasteiger partial charge in [0.25, 0.3) is 11.8 Å². The Bertz CT molecular complexity index is 1080. The SMILES string of the molecule is COc1ccc(-c2ccc(C(=O)N3CCN(C(=O)c4ccccc4F)CC3)cc2)nn1. The van der Waals surface area contributed by atoms with E-state index in [0.717, 1.165) is 5.56 Å². The Labute approximate surface area is 179 Å². The molecule has 1 aliphatic heterocycles. The number of piperazine rings is 1. The fourth-order valence-corrected chi connectivity index (χ4v) is 3.47. The van der Waals surface area contributed by atoms with Crippen molar-refractivity contribution in [2.45, 2.75) is 0 Å². The topological polar surface area (TPSA) is 75.6 Å². The van der Waals surface area contributed by atoms with Crippen molar-refractivity contribution in [3.8, 4) is 17.1 Å². The van der Waals surface area contributed by atoms with Gasteiger partial charge in [-0.15, -0.1) is 10.2 Å². The second-order valence-corrected chi connectivity index (χ2v) is 7.10. The number of carbonyl (C=O) groups excluding carboxylic acids is 2. The van der Waals surface area contributed by atoms with Gasteiger partial charge in [0.1, 0.15) is 5.82 Å². The minimum Gasteiger partial charge on any atom is -0.480 e. The maximum absolute atomic E-state index is 13.9. The molecule has 2 amide bonds. The maximum Gasteiger partial charge on any atom is 0.256 e. The number of aromatic nitrogens is 2. The highest BCUT2D eigenvalue weighted by Gasteiger charge is 2.26. The molecule has 0 saturated carbocycles. The van der Waals surface area contributed by atoms with Gasteiger partial charge >= 0.3 is 0 Å². The van der Waals surface area contributed by atoms with Crippen molar-refractivity contribution in [3.63, 3.8) is 0 Å². The van der Waals surface area contributed by atoms with Crippen LogP contribution in [0.15, 0.2) is 60.7 Å². The number of benzene rings is 2. The second-order valence-electron chi connectivity index (χ2n) is 7.10. The van der Waals surface area contributed by atoms with Crippen LogP contribution in [-0.4, -0.2) is 65.1 Å². The van der Waals surface area contributed by atoms with E-state index >= 15 is 0 Å². The van der Waals surface area contributed by atoms with Crippen LogP contribution in [0, 0.1) is 5.82 Å². The number of hydrogen-bond acceptors (Lipinski definition) is 5. The summed E-state index contributed by atoms with van der Waals surface area (Å²) in [7, 11) is 1.53. The smallest absolute Gasteiger partial charge is 0.256 e. The lowest BCUT2D eigenvalue weighted by Gasteiger charge is -2.35. The number of rotatable bonds is 4. The van der Waals surface area contributed by atoms with Crippen molar-refractivity contribution in [3.05, 3.63) is 77.6 Å². The number of amides is 2. The first-order chi connectivity index (χ1) is 15.1. The average molecular weight is 420 g/mol. The first-order valence-electron chi connectivity index (χ1n) is 9.88. The molecule has 2 aromatic carbocycles. The third-order valence-corrected chi connectivity index (χ3v) is 5.24. The van der Waals surface area contributed by atoms with Gasteiger partial charge in [0, 0.05) is 43.4 Å². The Balaban J connectivity index is 1.38. The molecule has 31 heavy (non-hydrogen) atoms. The maximum atomic E-state index is 13.9. The number of hydrogen-bond donors (Lipinski definition) is 0. The van der Waals surface area contributed by atoms with Gasteiger partial charge in [0.05, 0.1) is 18.4 Å². The first kappa shape index (κ1) is 20.5. The molecule has 7 nitrogen and oxygen atoms in total. The van der Waals surface area contributed by atoms with Crippen molar-refractivity contribution >= 4 is 11.8 Å². The van der Waals surface area contributed by atoms with Gasteiger partial charge < -0.3 is 14.5 Å². The van der Waals surface area contributed by atoms with E-state index < -0.39 is 5.82 Å². The largest absolute Gasteiger partial charge is 0.480 e. The van der Waals surface area contributed by atoms with Crippen LogP contribution in [-0.2, 0) is 0 Å². The molecule has 0 radical (unpaired) electrons. The fourth-order valence-electron chi connectivity index (χ4n) is 3.47. The minimum absolute atomic E-state index is 0.0551. The fraction of sp³-hybridized carbons (Fsp3) is 0.217. The van der Waals surface area contributed by atoms with Crippen LogP contribution in [0.3, 0.4) is 0 Å². The molecule has 0 bridgehead atoms. The van der Waals surface area contributed by atoms with Crippen LogP contribution < -0.4 is 4.74 Å². The quantitative estimate of drug-likeness (QED) is 0.649. The van der Waals surface area contributed by atoms with Gasteiger partial charge in [-0.1, -0.05) is 24.3 Å². The molecule has 4 rings (SSSR count). The van der Waals surface area contributed by atoms with E-state index in [1.54, 1.807) is 46.2 Å². The molecule has 0 aliphatic carbocycles. The van der Waals surface area contributed by atoms with Gasteiger partial charge in [-0.3, -0.25) is 9.59 Å². The summed E-state index contributed by atoms with van der Waals surface area (Å²) in [5.74, 6) is -0.559. The summed E-state index contributed by atoms with van der Waals surface area (Å²) in [6, 6.07) is 16.6. The molecule has 1 aliphatic rings. The van der Waals surface area contributed by atoms with Crippen molar-refractivity contribution in [1.82, 2.24) is 20.0 Å². The highest BCUT2D eigenvalue weighted by molar-refractivity contribution is 5.96. The van der Waals surface area contributed by atoms with Crippen LogP contribution in [0.2, 0.25) is 0 Å². The van der Waals surface area contributed by atoms with E-state index in [4.69, 9.17) is 4.74 Å². The van der Waals surface area contributed by atoms with E-state index in [2.05, 4.69) is 10.2 Å². The van der Waals surface area contributed by atoms with Crippen LogP contribution in [0.5, 0.6) is 5.88 Å². The molecule has 1 fully saturated rings. The molecule has 0 spiro atoms. The summed E-state index contributed by atoms with van der Waals surface area (Å²) in [6.45, 7) is 1.51. The predicted octanol–water partition coefficient (Wildman–Crippen LogP) is 2.89. The molecule has 8 heteroatoms. The van der Waals surface area contributed by atoms with Gasteiger partial charge in [0.15, 0.2) is 0 Å². The monoisotopic (exact) mass is 420 g/mol. The second kappa shape index (κ2) is 8.91. The summed E-state index contributed by atoms with van der Waals surface area (Å²) < 4.78 is 18.9. The molecule has 158 valence electrons. The average Bonchev–Trinajstić information content (AvgIpc) is 2.84. The molecule has 0 N–H and O–H groups in total. The minimum atomic E-state index is -0.535. The Morgan fingerprint density at radius 1 is 0.839 bits per heavy atom. The molecule has 2 heterocycles. The standard InChI is InChI=1S/C23H21FN4O3/c1-31-21-11-10-20(25-26-21)16-6-8-17(9-7-16)22(29)27-12-14-28(15-13-27)23(30)18-4-2-3-5-19(18)24/h2-11H,12-15H2,1H3. The van der Waals surface area contributed by atoms with E-state index in [1.165, 1.54) is 19.2 Å². The summed E-state index contributed by atoms with van der Waals surface area (Å²) in [4.78, 5) is 28.7. The highest BCUT2D eigenvalue weighted by Crippen LogP contribution is 2.20. The molecular weight excluding hydrogens is 399 g/mol. The zero-order valence-corrected chi connectivity index (χ0v) is 17.0. The summed E-state index contributed by atoms with van der Waals surface area (Å²) >= 11 is 0. The van der Waals surface area contributed by atoms with E-state index in [1.807, 2.05) is 12.1 Å². The lowest BCUT2D eigenvalue weighted by Crippen LogP contribution is -2.50. The lowest BCUT2D eigenvalue weighted by atomic mass is 10.1. The van der Waals surface area contributed by atoms with Gasteiger partial charge in [0.2, 0.25) is 5.88 Å². The van der Waals surface area contributed by atoms with E-state index in [0.29, 0.717) is 43.3 Å². The van der Waals surface area contributed by atoms with E-state index in [9.17, 15) is 14.0 Å². The van der Waals surface area contributed by atoms with Crippen molar-refractivity contribution in [1.29, 1.82) is 0 Å². The Hall–Kier alpha value is -3.81. The molecule has 1 saturated heterocycles. The molecule has 0 unspecified atom stereocenters. The van der Waals surface area contributed by atoms with E-state index in [-0.39, 0.29) is 17.4 Å². The molecule has 0 atom stereocenters. The normalized spacial score (nSPS) is 13.7.